The summed E-state index contributed by atoms with van der Waals surface area (Å²) in [6, 6.07) is 13.6. The van der Waals surface area contributed by atoms with Crippen LogP contribution in [0.4, 0.5) is 10.5 Å². The van der Waals surface area contributed by atoms with Crippen LogP contribution in [0.1, 0.15) is 41.6 Å². The van der Waals surface area contributed by atoms with E-state index >= 15 is 0 Å². The van der Waals surface area contributed by atoms with Crippen LogP contribution in [0, 0.1) is 20.8 Å². The van der Waals surface area contributed by atoms with Crippen LogP contribution in [0.5, 0.6) is 0 Å². The Hall–Kier alpha value is -2.82. The number of nitrogens with zero attached hydrogens (tertiary/aromatic N) is 1. The number of hydrogen-bond acceptors (Lipinski definition) is 2. The highest BCUT2D eigenvalue weighted by Crippen LogP contribution is 2.26. The Morgan fingerprint density at radius 3 is 2.37 bits per heavy atom. The van der Waals surface area contributed by atoms with Crippen molar-refractivity contribution in [1.82, 2.24) is 10.2 Å². The Kier molecular flexibility index (Phi) is 5.49. The number of rotatable bonds is 4. The van der Waals surface area contributed by atoms with E-state index in [-0.39, 0.29) is 24.0 Å². The Morgan fingerprint density at radius 1 is 1.11 bits per heavy atom. The largest absolute Gasteiger partial charge is 0.334 e. The van der Waals surface area contributed by atoms with Crippen LogP contribution < -0.4 is 10.6 Å². The normalized spacial score (nSPS) is 17.7. The number of hydrogen-bond donors (Lipinski definition) is 2. The summed E-state index contributed by atoms with van der Waals surface area (Å²) < 4.78 is 0. The van der Waals surface area contributed by atoms with Crippen molar-refractivity contribution in [2.45, 2.75) is 46.2 Å². The predicted octanol–water partition coefficient (Wildman–Crippen LogP) is 4.10. The van der Waals surface area contributed by atoms with Crippen molar-refractivity contribution >= 4 is 17.6 Å². The fourth-order valence-corrected chi connectivity index (χ4v) is 3.83. The van der Waals surface area contributed by atoms with Crippen LogP contribution in [-0.2, 0) is 4.79 Å². The highest BCUT2D eigenvalue weighted by Gasteiger charge is 2.34. The van der Waals surface area contributed by atoms with Gasteiger partial charge in [0.2, 0.25) is 5.91 Å². The summed E-state index contributed by atoms with van der Waals surface area (Å²) >= 11 is 0. The van der Waals surface area contributed by atoms with E-state index in [1.54, 1.807) is 0 Å². The molecule has 1 saturated heterocycles. The number of amides is 3. The van der Waals surface area contributed by atoms with Gasteiger partial charge in [0.15, 0.2) is 0 Å². The van der Waals surface area contributed by atoms with Crippen LogP contribution in [0.15, 0.2) is 42.5 Å². The van der Waals surface area contributed by atoms with Gasteiger partial charge in [-0.2, -0.15) is 0 Å². The number of nitrogens with one attached hydrogen (secondary N) is 2. The molecule has 0 spiro atoms. The molecule has 2 unspecified atom stereocenters. The first-order chi connectivity index (χ1) is 12.8. The maximum absolute atomic E-state index is 12.5. The molecule has 5 heteroatoms. The van der Waals surface area contributed by atoms with Gasteiger partial charge < -0.3 is 15.5 Å². The summed E-state index contributed by atoms with van der Waals surface area (Å²) in [6.07, 6.45) is 0.330. The molecule has 0 aliphatic carbocycles. The fourth-order valence-electron chi connectivity index (χ4n) is 3.83. The molecular weight excluding hydrogens is 338 g/mol. The molecule has 1 fully saturated rings. The lowest BCUT2D eigenvalue weighted by atomic mass is 10.1. The van der Waals surface area contributed by atoms with Gasteiger partial charge in [-0.25, -0.2) is 4.79 Å². The smallest absolute Gasteiger partial charge is 0.319 e. The highest BCUT2D eigenvalue weighted by atomic mass is 16.2. The Balaban J connectivity index is 1.62. The summed E-state index contributed by atoms with van der Waals surface area (Å²) in [4.78, 5) is 26.7. The number of carbonyl (C=O) groups is 2. The van der Waals surface area contributed by atoms with Gasteiger partial charge in [-0.15, -0.1) is 0 Å². The summed E-state index contributed by atoms with van der Waals surface area (Å²) in [5, 5.41) is 5.89. The minimum Gasteiger partial charge on any atom is -0.334 e. The lowest BCUT2D eigenvalue weighted by Crippen LogP contribution is -2.40. The van der Waals surface area contributed by atoms with Crippen molar-refractivity contribution in [2.75, 3.05) is 11.9 Å². The van der Waals surface area contributed by atoms with Crippen LogP contribution in [0.3, 0.4) is 0 Å². The maximum atomic E-state index is 12.5. The van der Waals surface area contributed by atoms with E-state index in [0.717, 1.165) is 22.4 Å². The number of aryl methyl sites for hydroxylation is 3. The molecule has 1 aliphatic rings. The van der Waals surface area contributed by atoms with Crippen LogP contribution in [0.2, 0.25) is 0 Å². The van der Waals surface area contributed by atoms with Gasteiger partial charge in [0, 0.05) is 18.7 Å². The quantitative estimate of drug-likeness (QED) is 0.857. The molecule has 2 atom stereocenters. The van der Waals surface area contributed by atoms with Gasteiger partial charge in [0.05, 0.1) is 12.1 Å². The van der Waals surface area contributed by atoms with Crippen molar-refractivity contribution in [3.63, 3.8) is 0 Å². The number of benzene rings is 2. The molecule has 3 amide bonds. The number of carbonyl (C=O) groups excluding carboxylic acids is 2. The first kappa shape index (κ1) is 19.0. The maximum Gasteiger partial charge on any atom is 0.319 e. The van der Waals surface area contributed by atoms with Crippen LogP contribution in [-0.4, -0.2) is 29.4 Å². The van der Waals surface area contributed by atoms with E-state index in [9.17, 15) is 9.59 Å². The second kappa shape index (κ2) is 7.82. The van der Waals surface area contributed by atoms with Crippen LogP contribution in [0.25, 0.3) is 0 Å². The summed E-state index contributed by atoms with van der Waals surface area (Å²) in [7, 11) is 0. The molecule has 2 aromatic rings. The monoisotopic (exact) mass is 365 g/mol. The fraction of sp³-hybridized carbons (Fsp3) is 0.364. The van der Waals surface area contributed by atoms with E-state index in [1.807, 2.05) is 75.1 Å². The lowest BCUT2D eigenvalue weighted by molar-refractivity contribution is -0.129. The molecule has 142 valence electrons. The predicted molar refractivity (Wildman–Crippen MR) is 108 cm³/mol. The molecule has 1 heterocycles. The van der Waals surface area contributed by atoms with Crippen molar-refractivity contribution in [2.24, 2.45) is 0 Å². The Bertz CT molecular complexity index is 825. The van der Waals surface area contributed by atoms with E-state index in [4.69, 9.17) is 0 Å². The third-order valence-electron chi connectivity index (χ3n) is 5.16. The lowest BCUT2D eigenvalue weighted by Gasteiger charge is -2.25. The minimum atomic E-state index is -0.267. The topological polar surface area (TPSA) is 61.4 Å². The Labute approximate surface area is 160 Å². The van der Waals surface area contributed by atoms with Gasteiger partial charge in [-0.05, 0) is 44.4 Å². The third kappa shape index (κ3) is 4.30. The number of likely N-dealkylation sites (tertiary alicyclic amines) is 1. The second-order valence-corrected chi connectivity index (χ2v) is 7.41. The minimum absolute atomic E-state index is 0.00449. The molecule has 0 bridgehead atoms. The van der Waals surface area contributed by atoms with Gasteiger partial charge in [-0.3, -0.25) is 4.79 Å². The molecule has 0 radical (unpaired) electrons. The van der Waals surface area contributed by atoms with Crippen molar-refractivity contribution in [3.05, 3.63) is 64.7 Å². The van der Waals surface area contributed by atoms with E-state index in [0.29, 0.717) is 13.0 Å². The average molecular weight is 365 g/mol. The first-order valence-corrected chi connectivity index (χ1v) is 9.35. The van der Waals surface area contributed by atoms with Crippen molar-refractivity contribution in [3.8, 4) is 0 Å². The van der Waals surface area contributed by atoms with Gasteiger partial charge in [0.1, 0.15) is 0 Å². The summed E-state index contributed by atoms with van der Waals surface area (Å²) in [5.41, 5.74) is 5.16. The van der Waals surface area contributed by atoms with Gasteiger partial charge >= 0.3 is 6.03 Å². The first-order valence-electron chi connectivity index (χ1n) is 9.35. The van der Waals surface area contributed by atoms with Crippen molar-refractivity contribution < 1.29 is 9.59 Å². The molecule has 2 aromatic carbocycles. The Morgan fingerprint density at radius 2 is 1.74 bits per heavy atom. The van der Waals surface area contributed by atoms with E-state index < -0.39 is 0 Å². The molecule has 27 heavy (non-hydrogen) atoms. The highest BCUT2D eigenvalue weighted by molar-refractivity contribution is 5.92. The standard InChI is InChI=1S/C22H27N3O2/c1-14-10-15(2)21(16(3)11-14)24-22(27)23-19-12-20(26)25(13-19)17(4)18-8-6-5-7-9-18/h5-11,17,19H,12-13H2,1-4H3,(H2,23,24,27). The molecule has 1 aliphatic heterocycles. The third-order valence-corrected chi connectivity index (χ3v) is 5.16. The zero-order valence-electron chi connectivity index (χ0n) is 16.4. The molecular formula is C22H27N3O2. The van der Waals surface area contributed by atoms with E-state index in [1.165, 1.54) is 5.56 Å². The summed E-state index contributed by atoms with van der Waals surface area (Å²) in [5.74, 6) is 0.0688. The van der Waals surface area contributed by atoms with Gasteiger partial charge in [0.25, 0.3) is 0 Å². The average Bonchev–Trinajstić information content (AvgIpc) is 2.98. The zero-order valence-corrected chi connectivity index (χ0v) is 16.4. The molecule has 0 saturated carbocycles. The molecule has 5 nitrogen and oxygen atoms in total. The van der Waals surface area contributed by atoms with Gasteiger partial charge in [-0.1, -0.05) is 48.0 Å². The second-order valence-electron chi connectivity index (χ2n) is 7.41. The number of anilines is 1. The van der Waals surface area contributed by atoms with Crippen LogP contribution >= 0.6 is 0 Å². The zero-order chi connectivity index (χ0) is 19.6. The molecule has 0 aromatic heterocycles. The number of urea groups is 1. The van der Waals surface area contributed by atoms with E-state index in [2.05, 4.69) is 10.6 Å². The SMILES string of the molecule is Cc1cc(C)c(NC(=O)NC2CC(=O)N(C(C)c3ccccc3)C2)c(C)c1. The van der Waals surface area contributed by atoms with Crippen molar-refractivity contribution in [1.29, 1.82) is 0 Å². The molecule has 2 N–H and O–H groups in total. The summed E-state index contributed by atoms with van der Waals surface area (Å²) in [6.45, 7) is 8.55. The molecule has 3 rings (SSSR count).